The number of nitrogens with two attached hydrogens (primary N) is 2. The summed E-state index contributed by atoms with van der Waals surface area (Å²) in [4.78, 5) is 77.9. The van der Waals surface area contributed by atoms with Gasteiger partial charge < -0.3 is 151 Å². The lowest BCUT2D eigenvalue weighted by Crippen LogP contribution is -2.31. The van der Waals surface area contributed by atoms with Gasteiger partial charge in [0.05, 0.1) is 289 Å². The monoisotopic (exact) mass is 2150 g/mol. The molecule has 0 aromatic heterocycles. The number of ether oxygens (including phenoxy) is 24. The van der Waals surface area contributed by atoms with Gasteiger partial charge in [0, 0.05) is 108 Å². The summed E-state index contributed by atoms with van der Waals surface area (Å²) < 4.78 is 126. The number of benzene rings is 1. The molecule has 4 atom stereocenters. The van der Waals surface area contributed by atoms with E-state index in [1.807, 2.05) is 91.8 Å². The Morgan fingerprint density at radius 1 is 0.338 bits per heavy atom. The third-order valence-electron chi connectivity index (χ3n) is 18.5. The highest BCUT2D eigenvalue weighted by Crippen LogP contribution is 2.42. The fourth-order valence-electron chi connectivity index (χ4n) is 11.3. The number of hydrazine groups is 1. The number of nitro groups is 1. The van der Waals surface area contributed by atoms with Crippen LogP contribution in [0.15, 0.2) is 24.3 Å². The molecule has 0 radical (unpaired) electrons. The number of nitrogens with zero attached hydrogens (tertiary/aromatic N) is 1. The maximum absolute atomic E-state index is 11.8. The molecule has 0 saturated carbocycles. The molecule has 0 bridgehead atoms. The molecule has 4 amide bonds. The Kier molecular flexibility index (Phi) is 105. The smallest absolute Gasteiger partial charge is 0.481 e. The highest BCUT2D eigenvalue weighted by Gasteiger charge is 2.20. The SMILES string of the molecule is NCCOCCOCCOCCOCCOCCO.NNC(=O)OCCOCCOCCOCCOCCOCCNC(=O)CCCCC1CCSS1.O=C(CCCCC1CCSS1)NCCOCCOCCOCCOCCOCCO.O=C(CCCCC1CCSS1)NCCOCCOCCOCCOCCOCCOCOC(=O)Oc1ccc([N+](=O)[O-])cc1.O=C(O)CCCCC1CCSS1. The van der Waals surface area contributed by atoms with Gasteiger partial charge in [-0.25, -0.2) is 15.4 Å². The van der Waals surface area contributed by atoms with Gasteiger partial charge in [-0.1, -0.05) is 112 Å². The van der Waals surface area contributed by atoms with Crippen LogP contribution in [-0.2, 0) is 128 Å². The third-order valence-corrected chi connectivity index (χ3v) is 30.5. The van der Waals surface area contributed by atoms with Gasteiger partial charge in [0.1, 0.15) is 12.4 Å². The van der Waals surface area contributed by atoms with Crippen LogP contribution in [-0.4, -0.2) is 424 Å². The molecule has 11 N–H and O–H groups in total. The highest BCUT2D eigenvalue weighted by atomic mass is 33.1. The first-order chi connectivity index (χ1) is 68.3. The molecule has 5 rings (SSSR count). The van der Waals surface area contributed by atoms with Gasteiger partial charge >= 0.3 is 18.2 Å². The summed E-state index contributed by atoms with van der Waals surface area (Å²) in [6.45, 7) is 21.0. The number of aliphatic hydroxyl groups is 2. The lowest BCUT2D eigenvalue weighted by Gasteiger charge is -2.09. The van der Waals surface area contributed by atoms with Crippen molar-refractivity contribution in [3.63, 3.8) is 0 Å². The molecule has 1 aromatic carbocycles. The number of hydrogen-bond donors (Lipinski definition) is 9. The number of aliphatic carboxylic acids is 1. The number of rotatable bonds is 93. The molecule has 4 saturated heterocycles. The molecular weight excluding hydrogens is 1980 g/mol. The van der Waals surface area contributed by atoms with Crippen molar-refractivity contribution >= 4 is 128 Å². The second-order valence-electron chi connectivity index (χ2n) is 29.8. The summed E-state index contributed by atoms with van der Waals surface area (Å²) in [6.07, 6.45) is 18.7. The summed E-state index contributed by atoms with van der Waals surface area (Å²) in [5.41, 5.74) is 7.01. The molecule has 139 heavy (non-hydrogen) atoms. The number of carboxylic acids is 1. The summed E-state index contributed by atoms with van der Waals surface area (Å²) in [5, 5.41) is 47.8. The lowest BCUT2D eigenvalue weighted by atomic mass is 10.1. The Balaban J connectivity index is 0.000000915. The fourth-order valence-corrected chi connectivity index (χ4v) is 23.4. The standard InChI is InChI=1S/C28H44N2O12S2.C21H41N3O8S2.C20H39NO7S2.C12H27NO6.C8H14O2S2/c31-27(4-2-1-3-26-9-22-43-44-26)29-10-11-35-12-13-36-14-15-37-16-17-38-18-19-39-20-21-40-23-41-28(32)42-25-7-5-24(6-8-25)30(33)34;22-24-21(26)32-17-16-31-15-14-30-13-12-29-11-10-28-9-8-27-7-6-23-20(25)4-2-1-3-19-5-18-33-34-19;22-7-9-25-11-13-27-15-17-28-16-14-26-12-10-24-8-6-21-20(23)4-2-1-3-19-5-18-29-30-19;13-1-3-15-5-7-17-9-11-19-12-10-18-8-6-16-4-2-14;9-8(10)4-2-1-3-7-5-6-11-12-7/h5-8,26H,1-4,9-23H2,(H,29,31);19H,1-18,22H2,(H,23,25)(H,24,26);19,22H,1-18H2,(H,21,23);14H,1-13H2;7H,1-6H2,(H,9,10). The number of nitro benzene ring substituents is 1. The van der Waals surface area contributed by atoms with Crippen LogP contribution < -0.4 is 37.7 Å². The van der Waals surface area contributed by atoms with E-state index in [9.17, 15) is 38.9 Å². The minimum Gasteiger partial charge on any atom is -0.481 e. The second-order valence-corrected chi connectivity index (χ2v) is 40.9. The zero-order valence-electron chi connectivity index (χ0n) is 81.5. The van der Waals surface area contributed by atoms with E-state index in [4.69, 9.17) is 136 Å². The van der Waals surface area contributed by atoms with E-state index in [1.165, 1.54) is 98.6 Å². The van der Waals surface area contributed by atoms with Gasteiger partial charge in [-0.05, 0) is 89.2 Å². The summed E-state index contributed by atoms with van der Waals surface area (Å²) in [5.74, 6) is 9.68. The zero-order valence-corrected chi connectivity index (χ0v) is 88.0. The molecule has 4 aliphatic rings. The number of amides is 4. The quantitative estimate of drug-likeness (QED) is 0.00337. The normalized spacial score (nSPS) is 15.3. The minimum absolute atomic E-state index is 0.0317. The van der Waals surface area contributed by atoms with Gasteiger partial charge in [-0.15, -0.1) is 0 Å². The summed E-state index contributed by atoms with van der Waals surface area (Å²) in [7, 11) is 15.8. The van der Waals surface area contributed by atoms with Crippen LogP contribution in [0, 0.1) is 10.1 Å². The predicted molar refractivity (Wildman–Crippen MR) is 544 cm³/mol. The van der Waals surface area contributed by atoms with Gasteiger partial charge in [-0.3, -0.25) is 34.7 Å². The van der Waals surface area contributed by atoms with E-state index in [0.29, 0.717) is 303 Å². The molecule has 1 aromatic rings. The summed E-state index contributed by atoms with van der Waals surface area (Å²) in [6, 6.07) is 5.01. The first-order valence-electron chi connectivity index (χ1n) is 48.2. The molecular formula is C89H165N7O35S8. The van der Waals surface area contributed by atoms with Crippen LogP contribution >= 0.6 is 86.4 Å². The Bertz CT molecular complexity index is 2870. The van der Waals surface area contributed by atoms with Crippen LogP contribution in [0.25, 0.3) is 0 Å². The molecule has 0 spiro atoms. The van der Waals surface area contributed by atoms with Crippen LogP contribution in [0.3, 0.4) is 0 Å². The van der Waals surface area contributed by atoms with Crippen molar-refractivity contribution in [1.29, 1.82) is 0 Å². The van der Waals surface area contributed by atoms with E-state index < -0.39 is 23.1 Å². The molecule has 4 aliphatic heterocycles. The maximum Gasteiger partial charge on any atom is 0.515 e. The van der Waals surface area contributed by atoms with Gasteiger partial charge in [0.15, 0.2) is 6.79 Å². The number of carboxylic acid groups (broad SMARTS) is 1. The van der Waals surface area contributed by atoms with Crippen molar-refractivity contribution < 1.29 is 163 Å². The van der Waals surface area contributed by atoms with E-state index in [0.717, 1.165) is 72.4 Å². The van der Waals surface area contributed by atoms with Crippen molar-refractivity contribution in [3.05, 3.63) is 34.4 Å². The number of non-ortho nitro benzene ring substituents is 1. The van der Waals surface area contributed by atoms with Crippen LogP contribution in [0.1, 0.15) is 128 Å². The number of unbranched alkanes of at least 4 members (excludes halogenated alkanes) is 4. The first-order valence-corrected chi connectivity index (χ1v) is 57.7. The molecule has 0 aliphatic carbocycles. The van der Waals surface area contributed by atoms with Crippen molar-refractivity contribution in [2.45, 2.75) is 149 Å². The minimum atomic E-state index is -0.988. The number of carbonyl (C=O) groups excluding carboxylic acids is 5. The van der Waals surface area contributed by atoms with Gasteiger partial charge in [-0.2, -0.15) is 0 Å². The average molecular weight is 2150 g/mol. The van der Waals surface area contributed by atoms with Crippen molar-refractivity contribution in [1.82, 2.24) is 21.4 Å². The van der Waals surface area contributed by atoms with Crippen LogP contribution in [0.5, 0.6) is 5.75 Å². The topological polar surface area (TPSA) is 528 Å². The van der Waals surface area contributed by atoms with E-state index in [-0.39, 0.29) is 75.6 Å². The Hall–Kier alpha value is -3.16. The van der Waals surface area contributed by atoms with Gasteiger partial charge in [0.25, 0.3) is 5.69 Å². The Labute approximate surface area is 854 Å². The fraction of sp³-hybridized carbons (Fsp3) is 0.865. The van der Waals surface area contributed by atoms with Gasteiger partial charge in [0.2, 0.25) is 17.7 Å². The third kappa shape index (κ3) is 101. The second kappa shape index (κ2) is 109. The number of nitrogens with one attached hydrogen (secondary N) is 4. The summed E-state index contributed by atoms with van der Waals surface area (Å²) >= 11 is 0. The molecule has 4 fully saturated rings. The number of aliphatic hydroxyl groups excluding tert-OH is 2. The molecule has 50 heteroatoms. The zero-order chi connectivity index (χ0) is 100. The number of carbonyl (C=O) groups is 6. The van der Waals surface area contributed by atoms with Crippen molar-refractivity contribution in [2.75, 3.05) is 347 Å². The largest absolute Gasteiger partial charge is 0.515 e. The number of hydrogen-bond acceptors (Lipinski definition) is 44. The van der Waals surface area contributed by atoms with Crippen LogP contribution in [0.2, 0.25) is 0 Å². The van der Waals surface area contributed by atoms with E-state index in [2.05, 4.69) is 20.7 Å². The van der Waals surface area contributed by atoms with Crippen molar-refractivity contribution in [3.8, 4) is 5.75 Å². The molecule has 42 nitrogen and oxygen atoms in total. The lowest BCUT2D eigenvalue weighted by molar-refractivity contribution is -0.384. The van der Waals surface area contributed by atoms with Crippen LogP contribution in [0.4, 0.5) is 15.3 Å². The average Bonchev–Trinajstić information content (AvgIpc) is 1.41. The Morgan fingerprint density at radius 2 is 0.590 bits per heavy atom. The highest BCUT2D eigenvalue weighted by molar-refractivity contribution is 8.78. The molecule has 814 valence electrons. The van der Waals surface area contributed by atoms with E-state index in [1.54, 1.807) is 0 Å². The Morgan fingerprint density at radius 3 is 0.835 bits per heavy atom. The van der Waals surface area contributed by atoms with E-state index >= 15 is 0 Å². The molecule has 4 heterocycles. The molecule has 4 unspecified atom stereocenters. The predicted octanol–water partition coefficient (Wildman–Crippen LogP) is 9.19. The van der Waals surface area contributed by atoms with Crippen molar-refractivity contribution in [2.24, 2.45) is 11.6 Å². The first kappa shape index (κ1) is 134. The maximum atomic E-state index is 11.8.